The molecule has 0 spiro atoms. The van der Waals surface area contributed by atoms with E-state index < -0.39 is 0 Å². The number of likely N-dealkylation sites (N-methyl/N-ethyl adjacent to an activating group) is 2. The van der Waals surface area contributed by atoms with Gasteiger partial charge in [0.15, 0.2) is 0 Å². The summed E-state index contributed by atoms with van der Waals surface area (Å²) in [7, 11) is 0. The number of rotatable bonds is 9. The Labute approximate surface area is 110 Å². The zero-order valence-electron chi connectivity index (χ0n) is 11.0. The fourth-order valence-electron chi connectivity index (χ4n) is 1.65. The van der Waals surface area contributed by atoms with Crippen LogP contribution < -0.4 is 5.32 Å². The van der Waals surface area contributed by atoms with Gasteiger partial charge in [0, 0.05) is 30.3 Å². The average Bonchev–Trinajstić information content (AvgIpc) is 2.38. The van der Waals surface area contributed by atoms with Gasteiger partial charge < -0.3 is 10.2 Å². The molecule has 0 aliphatic heterocycles. The molecule has 0 saturated heterocycles. The Hall–Kier alpha value is -0.510. The van der Waals surface area contributed by atoms with Gasteiger partial charge in [-0.25, -0.2) is 0 Å². The van der Waals surface area contributed by atoms with Gasteiger partial charge in [-0.15, -0.1) is 11.8 Å². The maximum absolute atomic E-state index is 3.37. The Bertz CT molecular complexity index is 277. The number of hydrogen-bond donors (Lipinski definition) is 1. The van der Waals surface area contributed by atoms with Gasteiger partial charge in [-0.3, -0.25) is 0 Å². The van der Waals surface area contributed by atoms with Crippen LogP contribution >= 0.6 is 11.8 Å². The molecule has 17 heavy (non-hydrogen) atoms. The maximum Gasteiger partial charge on any atom is 0.0108 e. The molecule has 0 heterocycles. The molecule has 0 bridgehead atoms. The first kappa shape index (κ1) is 14.6. The quantitative estimate of drug-likeness (QED) is 0.537. The van der Waals surface area contributed by atoms with Crippen LogP contribution in [0.25, 0.3) is 0 Å². The van der Waals surface area contributed by atoms with E-state index in [4.69, 9.17) is 0 Å². The molecule has 0 atom stereocenters. The van der Waals surface area contributed by atoms with Crippen LogP contribution in [0.2, 0.25) is 0 Å². The maximum atomic E-state index is 3.37. The molecule has 0 aromatic heterocycles. The standard InChI is InChI=1S/C14H24N2S/c1-3-15-10-11-16(4-2)12-13-17-14-8-6-5-7-9-14/h5-9,15H,3-4,10-13H2,1-2H3. The second-order valence-corrected chi connectivity index (χ2v) is 5.12. The Morgan fingerprint density at radius 1 is 1.12 bits per heavy atom. The van der Waals surface area contributed by atoms with Crippen molar-refractivity contribution in [3.05, 3.63) is 30.3 Å². The molecular formula is C14H24N2S. The highest BCUT2D eigenvalue weighted by Gasteiger charge is 2.01. The summed E-state index contributed by atoms with van der Waals surface area (Å²) in [5, 5.41) is 3.37. The van der Waals surface area contributed by atoms with E-state index in [9.17, 15) is 0 Å². The van der Waals surface area contributed by atoms with Crippen molar-refractivity contribution in [2.45, 2.75) is 18.7 Å². The average molecular weight is 252 g/mol. The van der Waals surface area contributed by atoms with Crippen molar-refractivity contribution in [1.29, 1.82) is 0 Å². The van der Waals surface area contributed by atoms with Gasteiger partial charge >= 0.3 is 0 Å². The first-order valence-corrected chi connectivity index (χ1v) is 7.46. The second-order valence-electron chi connectivity index (χ2n) is 3.95. The van der Waals surface area contributed by atoms with Gasteiger partial charge in [0.05, 0.1) is 0 Å². The lowest BCUT2D eigenvalue weighted by molar-refractivity contribution is 0.306. The van der Waals surface area contributed by atoms with Crippen molar-refractivity contribution in [2.75, 3.05) is 38.5 Å². The molecule has 1 N–H and O–H groups in total. The van der Waals surface area contributed by atoms with Crippen molar-refractivity contribution >= 4 is 11.8 Å². The lowest BCUT2D eigenvalue weighted by Gasteiger charge is -2.20. The molecule has 1 aromatic carbocycles. The van der Waals surface area contributed by atoms with Crippen molar-refractivity contribution in [3.8, 4) is 0 Å². The summed E-state index contributed by atoms with van der Waals surface area (Å²) in [6.07, 6.45) is 0. The zero-order valence-corrected chi connectivity index (χ0v) is 11.8. The van der Waals surface area contributed by atoms with E-state index >= 15 is 0 Å². The molecule has 0 aliphatic carbocycles. The van der Waals surface area contributed by atoms with Crippen molar-refractivity contribution in [2.24, 2.45) is 0 Å². The third-order valence-corrected chi connectivity index (χ3v) is 3.71. The Morgan fingerprint density at radius 2 is 1.88 bits per heavy atom. The summed E-state index contributed by atoms with van der Waals surface area (Å²) < 4.78 is 0. The molecule has 96 valence electrons. The molecule has 3 heteroatoms. The summed E-state index contributed by atoms with van der Waals surface area (Å²) in [6.45, 7) is 10.0. The SMILES string of the molecule is CCNCCN(CC)CCSc1ccccc1. The van der Waals surface area contributed by atoms with Crippen LogP contribution in [0.4, 0.5) is 0 Å². The topological polar surface area (TPSA) is 15.3 Å². The molecule has 0 unspecified atom stereocenters. The predicted molar refractivity (Wildman–Crippen MR) is 77.8 cm³/mol. The Balaban J connectivity index is 2.15. The van der Waals surface area contributed by atoms with Crippen LogP contribution in [0.1, 0.15) is 13.8 Å². The second kappa shape index (κ2) is 9.51. The van der Waals surface area contributed by atoms with Gasteiger partial charge in [-0.2, -0.15) is 0 Å². The highest BCUT2D eigenvalue weighted by Crippen LogP contribution is 2.16. The van der Waals surface area contributed by atoms with Crippen LogP contribution in [0.5, 0.6) is 0 Å². The van der Waals surface area contributed by atoms with E-state index in [2.05, 4.69) is 54.4 Å². The Kier molecular flexibility index (Phi) is 8.14. The van der Waals surface area contributed by atoms with E-state index in [1.165, 1.54) is 17.2 Å². The fraction of sp³-hybridized carbons (Fsp3) is 0.571. The van der Waals surface area contributed by atoms with Gasteiger partial charge in [0.25, 0.3) is 0 Å². The molecule has 0 radical (unpaired) electrons. The third-order valence-electron chi connectivity index (χ3n) is 2.72. The first-order valence-electron chi connectivity index (χ1n) is 6.47. The molecule has 1 rings (SSSR count). The van der Waals surface area contributed by atoms with Crippen LogP contribution in [-0.4, -0.2) is 43.4 Å². The third kappa shape index (κ3) is 6.71. The van der Waals surface area contributed by atoms with E-state index in [1.54, 1.807) is 0 Å². The van der Waals surface area contributed by atoms with E-state index in [1.807, 2.05) is 11.8 Å². The van der Waals surface area contributed by atoms with Crippen molar-refractivity contribution in [3.63, 3.8) is 0 Å². The largest absolute Gasteiger partial charge is 0.316 e. The minimum absolute atomic E-state index is 1.07. The summed E-state index contributed by atoms with van der Waals surface area (Å²) in [4.78, 5) is 3.87. The molecule has 1 aromatic rings. The minimum Gasteiger partial charge on any atom is -0.316 e. The number of nitrogens with zero attached hydrogens (tertiary/aromatic N) is 1. The van der Waals surface area contributed by atoms with Crippen molar-refractivity contribution < 1.29 is 0 Å². The van der Waals surface area contributed by atoms with Gasteiger partial charge in [0.2, 0.25) is 0 Å². The summed E-state index contributed by atoms with van der Waals surface area (Å²) in [5.74, 6) is 1.17. The predicted octanol–water partition coefficient (Wildman–Crippen LogP) is 2.71. The van der Waals surface area contributed by atoms with Crippen LogP contribution in [0, 0.1) is 0 Å². The highest BCUT2D eigenvalue weighted by molar-refractivity contribution is 7.99. The molecule has 0 saturated carbocycles. The number of thioether (sulfide) groups is 1. The first-order chi connectivity index (χ1) is 8.36. The fourth-order valence-corrected chi connectivity index (χ4v) is 2.59. The molecule has 0 aliphatic rings. The summed E-state index contributed by atoms with van der Waals surface area (Å²) in [6, 6.07) is 10.6. The normalized spacial score (nSPS) is 11.0. The number of benzene rings is 1. The van der Waals surface area contributed by atoms with Crippen LogP contribution in [0.15, 0.2) is 35.2 Å². The number of hydrogen-bond acceptors (Lipinski definition) is 3. The monoisotopic (exact) mass is 252 g/mol. The molecule has 0 amide bonds. The lowest BCUT2D eigenvalue weighted by Crippen LogP contribution is -2.33. The van der Waals surface area contributed by atoms with Gasteiger partial charge in [-0.05, 0) is 25.2 Å². The smallest absolute Gasteiger partial charge is 0.0108 e. The van der Waals surface area contributed by atoms with E-state index in [0.717, 1.165) is 26.2 Å². The van der Waals surface area contributed by atoms with Gasteiger partial charge in [0.1, 0.15) is 0 Å². The van der Waals surface area contributed by atoms with Gasteiger partial charge in [-0.1, -0.05) is 32.0 Å². The molecular weight excluding hydrogens is 228 g/mol. The summed E-state index contributed by atoms with van der Waals surface area (Å²) >= 11 is 1.94. The van der Waals surface area contributed by atoms with Crippen molar-refractivity contribution in [1.82, 2.24) is 10.2 Å². The highest BCUT2D eigenvalue weighted by atomic mass is 32.2. The molecule has 2 nitrogen and oxygen atoms in total. The van der Waals surface area contributed by atoms with E-state index in [-0.39, 0.29) is 0 Å². The van der Waals surface area contributed by atoms with E-state index in [0.29, 0.717) is 0 Å². The minimum atomic E-state index is 1.07. The number of nitrogens with one attached hydrogen (secondary N) is 1. The molecule has 0 fully saturated rings. The van der Waals surface area contributed by atoms with Crippen LogP contribution in [-0.2, 0) is 0 Å². The Morgan fingerprint density at radius 3 is 2.53 bits per heavy atom. The zero-order chi connectivity index (χ0) is 12.3. The summed E-state index contributed by atoms with van der Waals surface area (Å²) in [5.41, 5.74) is 0. The van der Waals surface area contributed by atoms with Crippen LogP contribution in [0.3, 0.4) is 0 Å². The lowest BCUT2D eigenvalue weighted by atomic mass is 10.4.